The minimum absolute atomic E-state index is 0.0362. The minimum Gasteiger partial charge on any atom is -0.294 e. The van der Waals surface area contributed by atoms with E-state index in [9.17, 15) is 18.4 Å². The Labute approximate surface area is 236 Å². The Hall–Kier alpha value is -4.08. The van der Waals surface area contributed by atoms with Crippen LogP contribution >= 0.6 is 0 Å². The molecule has 4 heterocycles. The maximum Gasteiger partial charge on any atom is 0.217 e. The van der Waals surface area contributed by atoms with Crippen molar-refractivity contribution >= 4 is 12.1 Å². The Kier molecular flexibility index (Phi) is 7.55. The molecule has 2 aliphatic carbocycles. The summed E-state index contributed by atoms with van der Waals surface area (Å²) in [4.78, 5) is 30.6. The number of aldehydes is 1. The van der Waals surface area contributed by atoms with Gasteiger partial charge in [0.05, 0.1) is 12.1 Å². The van der Waals surface area contributed by atoms with Crippen LogP contribution in [0.3, 0.4) is 0 Å². The number of carbonyl (C=O) groups excluding carboxylic acids is 2. The van der Waals surface area contributed by atoms with Crippen molar-refractivity contribution in [2.75, 3.05) is 0 Å². The average Bonchev–Trinajstić information content (AvgIpc) is 3.84. The lowest BCUT2D eigenvalue weighted by atomic mass is 10.0. The molecular weight excluding hydrogens is 526 g/mol. The summed E-state index contributed by atoms with van der Waals surface area (Å²) >= 11 is 0. The van der Waals surface area contributed by atoms with Gasteiger partial charge >= 0.3 is 0 Å². The summed E-state index contributed by atoms with van der Waals surface area (Å²) in [5, 5.41) is 8.29. The first kappa shape index (κ1) is 27.1. The fraction of sp³-hybridized carbons (Fsp3) is 0.419. The van der Waals surface area contributed by atoms with Crippen molar-refractivity contribution in [3.63, 3.8) is 0 Å². The minimum atomic E-state index is -1.15. The second-order valence-corrected chi connectivity index (χ2v) is 11.2. The highest BCUT2D eigenvalue weighted by Gasteiger charge is 2.39. The van der Waals surface area contributed by atoms with Gasteiger partial charge in [0.2, 0.25) is 17.4 Å². The van der Waals surface area contributed by atoms with Gasteiger partial charge in [0.25, 0.3) is 0 Å². The number of nitrogens with zero attached hydrogens (tertiary/aromatic N) is 6. The third-order valence-corrected chi connectivity index (χ3v) is 7.85. The summed E-state index contributed by atoms with van der Waals surface area (Å²) in [5.74, 6) is 1.88. The molecule has 8 rings (SSSR count). The van der Waals surface area contributed by atoms with Crippen LogP contribution < -0.4 is 0 Å². The Bertz CT molecular complexity index is 1510. The third kappa shape index (κ3) is 5.87. The van der Waals surface area contributed by atoms with E-state index >= 15 is 0 Å². The van der Waals surface area contributed by atoms with Gasteiger partial charge in [0.1, 0.15) is 0 Å². The van der Waals surface area contributed by atoms with Gasteiger partial charge in [-0.25, -0.2) is 28.1 Å². The van der Waals surface area contributed by atoms with E-state index in [1.165, 1.54) is 17.5 Å². The molecule has 0 N–H and O–H groups in total. The van der Waals surface area contributed by atoms with Crippen LogP contribution in [0, 0.1) is 11.8 Å². The van der Waals surface area contributed by atoms with E-state index in [2.05, 4.69) is 27.1 Å². The first-order valence-electron chi connectivity index (χ1n) is 14.2. The SMILES string of the molecule is CC1CC1.O=C(c1nc2n(n1)C(c1ccccc1)CC2F)C1CC1.O=Cc1nc2n(n1)C(c1ccccc1)CC2F. The van der Waals surface area contributed by atoms with Gasteiger partial charge in [0, 0.05) is 18.8 Å². The Morgan fingerprint density at radius 2 is 1.27 bits per heavy atom. The number of halogens is 2. The van der Waals surface area contributed by atoms with E-state index in [-0.39, 0.29) is 41.3 Å². The van der Waals surface area contributed by atoms with Crippen LogP contribution in [0.2, 0.25) is 0 Å². The molecule has 4 aromatic rings. The van der Waals surface area contributed by atoms with E-state index in [1.54, 1.807) is 4.68 Å². The lowest BCUT2D eigenvalue weighted by molar-refractivity contribution is 0.0956. The van der Waals surface area contributed by atoms with Gasteiger partial charge in [-0.3, -0.25) is 9.59 Å². The number of rotatable bonds is 5. The van der Waals surface area contributed by atoms with Crippen LogP contribution in [0.4, 0.5) is 8.78 Å². The van der Waals surface area contributed by atoms with Gasteiger partial charge < -0.3 is 0 Å². The number of hydrogen-bond acceptors (Lipinski definition) is 6. The summed E-state index contributed by atoms with van der Waals surface area (Å²) in [6, 6.07) is 18.9. The molecule has 2 aromatic heterocycles. The number of benzene rings is 2. The smallest absolute Gasteiger partial charge is 0.217 e. The molecule has 8 nitrogen and oxygen atoms in total. The fourth-order valence-electron chi connectivity index (χ4n) is 5.13. The van der Waals surface area contributed by atoms with Crippen molar-refractivity contribution in [2.24, 2.45) is 11.8 Å². The van der Waals surface area contributed by atoms with Crippen molar-refractivity contribution in [1.29, 1.82) is 0 Å². The first-order valence-corrected chi connectivity index (χ1v) is 14.2. The molecule has 0 saturated heterocycles. The maximum absolute atomic E-state index is 14.1. The predicted molar refractivity (Wildman–Crippen MR) is 147 cm³/mol. The summed E-state index contributed by atoms with van der Waals surface area (Å²) in [5.41, 5.74) is 1.99. The van der Waals surface area contributed by atoms with E-state index in [0.29, 0.717) is 25.0 Å². The first-order chi connectivity index (χ1) is 19.9. The molecule has 2 aliphatic heterocycles. The van der Waals surface area contributed by atoms with Crippen molar-refractivity contribution in [2.45, 2.75) is 69.9 Å². The van der Waals surface area contributed by atoms with E-state index in [1.807, 2.05) is 60.7 Å². The summed E-state index contributed by atoms with van der Waals surface area (Å²) in [7, 11) is 0. The lowest BCUT2D eigenvalue weighted by Crippen LogP contribution is -2.10. The standard InChI is InChI=1S/C15H14FN3O.C12H10FN3O.C4H8/c16-11-8-12(9-4-2-1-3-5-9)19-15(11)17-14(18-19)13(20)10-6-7-10;13-9-6-10(8-4-2-1-3-5-8)16-12(9)14-11(7-17)15-16;1-4-2-3-4/h1-5,10-12H,6-8H2;1-5,7,9-10H,6H2;4H,2-3H2,1H3. The Balaban J connectivity index is 0.000000131. The van der Waals surface area contributed by atoms with Crippen LogP contribution in [0.15, 0.2) is 60.7 Å². The molecular formula is C31H32F2N6O2. The highest BCUT2D eigenvalue weighted by Crippen LogP contribution is 2.41. The zero-order valence-corrected chi connectivity index (χ0v) is 22.8. The summed E-state index contributed by atoms with van der Waals surface area (Å²) in [6.07, 6.45) is 3.71. The summed E-state index contributed by atoms with van der Waals surface area (Å²) in [6.45, 7) is 2.28. The lowest BCUT2D eigenvalue weighted by Gasteiger charge is -2.11. The molecule has 4 atom stereocenters. The van der Waals surface area contributed by atoms with E-state index in [4.69, 9.17) is 0 Å². The van der Waals surface area contributed by atoms with Gasteiger partial charge in [-0.2, -0.15) is 0 Å². The second-order valence-electron chi connectivity index (χ2n) is 11.2. The molecule has 0 spiro atoms. The monoisotopic (exact) mass is 558 g/mol. The molecule has 41 heavy (non-hydrogen) atoms. The molecule has 2 fully saturated rings. The molecule has 212 valence electrons. The number of aromatic nitrogens is 6. The van der Waals surface area contributed by atoms with Crippen LogP contribution in [0.25, 0.3) is 0 Å². The molecule has 2 aromatic carbocycles. The zero-order chi connectivity index (χ0) is 28.5. The number of hydrogen-bond donors (Lipinski definition) is 0. The molecule has 4 unspecified atom stereocenters. The van der Waals surface area contributed by atoms with Gasteiger partial charge in [0.15, 0.2) is 30.3 Å². The highest BCUT2D eigenvalue weighted by molar-refractivity contribution is 5.96. The third-order valence-electron chi connectivity index (χ3n) is 7.85. The van der Waals surface area contributed by atoms with Gasteiger partial charge in [-0.05, 0) is 29.9 Å². The normalized spacial score (nSPS) is 23.9. The van der Waals surface area contributed by atoms with Crippen LogP contribution in [0.1, 0.15) is 114 Å². The van der Waals surface area contributed by atoms with E-state index < -0.39 is 12.3 Å². The Morgan fingerprint density at radius 1 is 0.780 bits per heavy atom. The second kappa shape index (κ2) is 11.4. The van der Waals surface area contributed by atoms with Crippen molar-refractivity contribution in [1.82, 2.24) is 29.5 Å². The molecule has 0 radical (unpaired) electrons. The number of carbonyl (C=O) groups is 2. The maximum atomic E-state index is 14.1. The number of ketones is 1. The fourth-order valence-corrected chi connectivity index (χ4v) is 5.13. The number of fused-ring (bicyclic) bond motifs is 2. The van der Waals surface area contributed by atoms with Gasteiger partial charge in [-0.1, -0.05) is 80.4 Å². The predicted octanol–water partition coefficient (Wildman–Crippen LogP) is 6.39. The number of Topliss-reactive ketones (excluding diaryl/α,β-unsaturated/α-hetero) is 1. The molecule has 10 heteroatoms. The topological polar surface area (TPSA) is 95.6 Å². The molecule has 4 aliphatic rings. The van der Waals surface area contributed by atoms with Crippen molar-refractivity contribution in [3.05, 3.63) is 95.1 Å². The quantitative estimate of drug-likeness (QED) is 0.208. The van der Waals surface area contributed by atoms with Crippen LogP contribution in [-0.4, -0.2) is 41.6 Å². The molecule has 0 bridgehead atoms. The zero-order valence-electron chi connectivity index (χ0n) is 22.8. The Morgan fingerprint density at radius 3 is 1.73 bits per heavy atom. The highest BCUT2D eigenvalue weighted by atomic mass is 19.1. The number of alkyl halides is 2. The molecule has 0 amide bonds. The summed E-state index contributed by atoms with van der Waals surface area (Å²) < 4.78 is 31.0. The average molecular weight is 559 g/mol. The van der Waals surface area contributed by atoms with Crippen LogP contribution in [0.5, 0.6) is 0 Å². The van der Waals surface area contributed by atoms with Crippen LogP contribution in [-0.2, 0) is 0 Å². The van der Waals surface area contributed by atoms with Gasteiger partial charge in [-0.15, -0.1) is 10.2 Å². The van der Waals surface area contributed by atoms with E-state index in [0.717, 1.165) is 29.9 Å². The van der Waals surface area contributed by atoms with Crippen molar-refractivity contribution in [3.8, 4) is 0 Å². The van der Waals surface area contributed by atoms with Crippen molar-refractivity contribution < 1.29 is 18.4 Å². The molecule has 2 saturated carbocycles. The largest absolute Gasteiger partial charge is 0.294 e.